The molecular formula is C30H35BrO11. The molecule has 1 aliphatic heterocycles. The SMILES string of the molecule is CCc1ccc(Cc2cc([C@@]3(O)O[C@H](COC(C)=O)[C@@H](OC(C)=O)[C@H](OC(C)=O)[C@H]3OC(C)=O)c(OC)cc2Br)cc1. The molecule has 0 bridgehead atoms. The standard InChI is InChI=1S/C30H35BrO11/c1-7-20-8-10-21(11-9-20)12-22-13-23(25(37-6)14-24(22)31)30(36)29(41-19(5)35)28(40-18(4)34)27(39-17(3)33)26(42-30)15-38-16(2)32/h8-11,13-14,26-29,36H,7,12,15H2,1-6H3/t26-,27-,28+,29-,30-/m1/s1. The van der Waals surface area contributed by atoms with Gasteiger partial charge in [0.05, 0.1) is 12.7 Å². The molecule has 0 aromatic heterocycles. The van der Waals surface area contributed by atoms with Crippen molar-refractivity contribution in [2.24, 2.45) is 0 Å². The predicted molar refractivity (Wildman–Crippen MR) is 151 cm³/mol. The Hall–Kier alpha value is -3.48. The van der Waals surface area contributed by atoms with Gasteiger partial charge < -0.3 is 33.5 Å². The van der Waals surface area contributed by atoms with E-state index >= 15 is 0 Å². The number of hydrogen-bond donors (Lipinski definition) is 1. The topological polar surface area (TPSA) is 144 Å². The van der Waals surface area contributed by atoms with Crippen LogP contribution < -0.4 is 4.74 Å². The summed E-state index contributed by atoms with van der Waals surface area (Å²) in [6, 6.07) is 11.3. The molecule has 11 nitrogen and oxygen atoms in total. The summed E-state index contributed by atoms with van der Waals surface area (Å²) in [6.07, 6.45) is -4.73. The predicted octanol–water partition coefficient (Wildman–Crippen LogP) is 3.51. The number of rotatable bonds is 10. The van der Waals surface area contributed by atoms with Crippen molar-refractivity contribution in [3.05, 3.63) is 63.1 Å². The second-order valence-corrected chi connectivity index (χ2v) is 10.7. The van der Waals surface area contributed by atoms with Crippen LogP contribution in [0.2, 0.25) is 0 Å². The van der Waals surface area contributed by atoms with Gasteiger partial charge in [-0.15, -0.1) is 0 Å². The number of carbonyl (C=O) groups excluding carboxylic acids is 4. The van der Waals surface area contributed by atoms with Crippen LogP contribution in [0.5, 0.6) is 5.75 Å². The van der Waals surface area contributed by atoms with E-state index in [1.54, 1.807) is 12.1 Å². The van der Waals surface area contributed by atoms with E-state index in [0.29, 0.717) is 10.9 Å². The summed E-state index contributed by atoms with van der Waals surface area (Å²) in [5.41, 5.74) is 2.92. The van der Waals surface area contributed by atoms with Gasteiger partial charge in [0, 0.05) is 32.2 Å². The fourth-order valence-electron chi connectivity index (χ4n) is 4.79. The summed E-state index contributed by atoms with van der Waals surface area (Å²) in [7, 11) is 1.38. The Morgan fingerprint density at radius 3 is 1.98 bits per heavy atom. The van der Waals surface area contributed by atoms with E-state index in [2.05, 4.69) is 22.9 Å². The maximum absolute atomic E-state index is 12.3. The highest BCUT2D eigenvalue weighted by atomic mass is 79.9. The van der Waals surface area contributed by atoms with Crippen LogP contribution in [0.1, 0.15) is 56.9 Å². The van der Waals surface area contributed by atoms with Crippen LogP contribution in [0.3, 0.4) is 0 Å². The molecule has 0 spiro atoms. The molecule has 1 aliphatic rings. The van der Waals surface area contributed by atoms with Gasteiger partial charge in [-0.3, -0.25) is 19.2 Å². The van der Waals surface area contributed by atoms with E-state index in [4.69, 9.17) is 28.4 Å². The van der Waals surface area contributed by atoms with Crippen molar-refractivity contribution in [1.82, 2.24) is 0 Å². The van der Waals surface area contributed by atoms with Crippen molar-refractivity contribution < 1.29 is 52.7 Å². The molecule has 1 heterocycles. The first-order valence-electron chi connectivity index (χ1n) is 13.3. The molecule has 12 heteroatoms. The maximum Gasteiger partial charge on any atom is 0.303 e. The van der Waals surface area contributed by atoms with E-state index in [-0.39, 0.29) is 11.3 Å². The van der Waals surface area contributed by atoms with Gasteiger partial charge in [0.1, 0.15) is 18.5 Å². The van der Waals surface area contributed by atoms with Crippen molar-refractivity contribution in [2.45, 2.75) is 77.7 Å². The lowest BCUT2D eigenvalue weighted by Gasteiger charge is -2.49. The number of methoxy groups -OCH3 is 1. The second-order valence-electron chi connectivity index (χ2n) is 9.82. The minimum atomic E-state index is -2.53. The number of halogens is 1. The summed E-state index contributed by atoms with van der Waals surface area (Å²) < 4.78 is 33.9. The lowest BCUT2D eigenvalue weighted by molar-refractivity contribution is -0.360. The lowest BCUT2D eigenvalue weighted by atomic mass is 9.86. The molecule has 42 heavy (non-hydrogen) atoms. The van der Waals surface area contributed by atoms with Gasteiger partial charge in [-0.1, -0.05) is 47.1 Å². The van der Waals surface area contributed by atoms with Crippen molar-refractivity contribution in [1.29, 1.82) is 0 Å². The Bertz CT molecular complexity index is 1310. The van der Waals surface area contributed by atoms with Crippen LogP contribution in [0.15, 0.2) is 40.9 Å². The Kier molecular flexibility index (Phi) is 11.1. The molecule has 0 radical (unpaired) electrons. The van der Waals surface area contributed by atoms with E-state index < -0.39 is 60.7 Å². The third kappa shape index (κ3) is 7.87. The van der Waals surface area contributed by atoms with Crippen LogP contribution >= 0.6 is 15.9 Å². The number of aliphatic hydroxyl groups is 1. The number of aryl methyl sites for hydroxylation is 1. The first-order valence-corrected chi connectivity index (χ1v) is 14.1. The van der Waals surface area contributed by atoms with Crippen molar-refractivity contribution in [3.63, 3.8) is 0 Å². The van der Waals surface area contributed by atoms with Crippen LogP contribution in [0.4, 0.5) is 0 Å². The Morgan fingerprint density at radius 1 is 0.881 bits per heavy atom. The number of carbonyl (C=O) groups is 4. The van der Waals surface area contributed by atoms with Gasteiger partial charge in [0.15, 0.2) is 12.2 Å². The molecule has 3 rings (SSSR count). The zero-order chi connectivity index (χ0) is 31.2. The zero-order valence-electron chi connectivity index (χ0n) is 24.3. The normalized spacial score (nSPS) is 23.4. The molecular weight excluding hydrogens is 616 g/mol. The van der Waals surface area contributed by atoms with E-state index in [1.807, 2.05) is 24.3 Å². The second kappa shape index (κ2) is 14.1. The molecule has 0 saturated carbocycles. The molecule has 2 aromatic carbocycles. The van der Waals surface area contributed by atoms with Gasteiger partial charge in [-0.25, -0.2) is 0 Å². The molecule has 0 aliphatic carbocycles. The first kappa shape index (κ1) is 33.0. The average Bonchev–Trinajstić information content (AvgIpc) is 2.91. The van der Waals surface area contributed by atoms with Crippen LogP contribution in [0, 0.1) is 0 Å². The summed E-state index contributed by atoms with van der Waals surface area (Å²) in [6.45, 7) is 6.06. The van der Waals surface area contributed by atoms with Gasteiger partial charge in [0.2, 0.25) is 11.9 Å². The molecule has 2 aromatic rings. The molecule has 228 valence electrons. The Morgan fingerprint density at radius 2 is 1.45 bits per heavy atom. The third-order valence-electron chi connectivity index (χ3n) is 6.63. The van der Waals surface area contributed by atoms with Crippen LogP contribution in [0.25, 0.3) is 0 Å². The van der Waals surface area contributed by atoms with E-state index in [9.17, 15) is 24.3 Å². The Balaban J connectivity index is 2.22. The molecule has 1 fully saturated rings. The number of hydrogen-bond acceptors (Lipinski definition) is 11. The molecule has 5 atom stereocenters. The molecule has 1 saturated heterocycles. The van der Waals surface area contributed by atoms with E-state index in [1.165, 1.54) is 12.7 Å². The van der Waals surface area contributed by atoms with Gasteiger partial charge >= 0.3 is 23.9 Å². The van der Waals surface area contributed by atoms with Crippen molar-refractivity contribution in [2.75, 3.05) is 13.7 Å². The fraction of sp³-hybridized carbons (Fsp3) is 0.467. The quantitative estimate of drug-likeness (QED) is 0.298. The van der Waals surface area contributed by atoms with Crippen molar-refractivity contribution in [3.8, 4) is 5.75 Å². The first-order chi connectivity index (χ1) is 19.8. The number of esters is 4. The van der Waals surface area contributed by atoms with Gasteiger partial charge in [-0.2, -0.15) is 0 Å². The Labute approximate surface area is 252 Å². The van der Waals surface area contributed by atoms with Crippen LogP contribution in [-0.4, -0.2) is 67.1 Å². The summed E-state index contributed by atoms with van der Waals surface area (Å²) in [5.74, 6) is -5.49. The largest absolute Gasteiger partial charge is 0.496 e. The minimum Gasteiger partial charge on any atom is -0.496 e. The smallest absolute Gasteiger partial charge is 0.303 e. The number of benzene rings is 2. The minimum absolute atomic E-state index is 0.0332. The molecule has 0 amide bonds. The summed E-state index contributed by atoms with van der Waals surface area (Å²) in [4.78, 5) is 48.3. The monoisotopic (exact) mass is 650 g/mol. The van der Waals surface area contributed by atoms with Crippen molar-refractivity contribution >= 4 is 39.8 Å². The fourth-order valence-corrected chi connectivity index (χ4v) is 5.26. The number of ether oxygens (including phenoxy) is 6. The van der Waals surface area contributed by atoms with Gasteiger partial charge in [-0.05, 0) is 41.7 Å². The molecule has 0 unspecified atom stereocenters. The highest BCUT2D eigenvalue weighted by Crippen LogP contribution is 2.45. The van der Waals surface area contributed by atoms with E-state index in [0.717, 1.165) is 45.2 Å². The zero-order valence-corrected chi connectivity index (χ0v) is 25.9. The summed E-state index contributed by atoms with van der Waals surface area (Å²) >= 11 is 3.57. The lowest BCUT2D eigenvalue weighted by Crippen LogP contribution is -2.66. The maximum atomic E-state index is 12.3. The summed E-state index contributed by atoms with van der Waals surface area (Å²) in [5, 5.41) is 12.3. The van der Waals surface area contributed by atoms with Crippen LogP contribution in [-0.2, 0) is 61.5 Å². The average molecular weight is 652 g/mol. The molecule has 1 N–H and O–H groups in total. The highest BCUT2D eigenvalue weighted by Gasteiger charge is 2.61. The van der Waals surface area contributed by atoms with Gasteiger partial charge in [0.25, 0.3) is 0 Å². The highest BCUT2D eigenvalue weighted by molar-refractivity contribution is 9.10. The third-order valence-corrected chi connectivity index (χ3v) is 7.37.